The van der Waals surface area contributed by atoms with Gasteiger partial charge in [-0.2, -0.15) is 0 Å². The molecule has 0 rings (SSSR count). The first-order chi connectivity index (χ1) is 5.71. The molecule has 0 aromatic heterocycles. The molecule has 0 fully saturated rings. The van der Waals surface area contributed by atoms with Crippen molar-refractivity contribution in [3.8, 4) is 0 Å². The molecule has 2 N–H and O–H groups in total. The van der Waals surface area contributed by atoms with E-state index in [9.17, 15) is 4.57 Å². The number of halogens is 3. The van der Waals surface area contributed by atoms with Crippen molar-refractivity contribution in [2.75, 3.05) is 0 Å². The second-order valence-electron chi connectivity index (χ2n) is 2.42. The Labute approximate surface area is 91.4 Å². The van der Waals surface area contributed by atoms with Gasteiger partial charge in [0.15, 0.2) is 9.90 Å². The largest absolute Gasteiger partial charge is 0.471 e. The molecule has 0 spiro atoms. The molecule has 0 heterocycles. The van der Waals surface area contributed by atoms with Gasteiger partial charge >= 0.3 is 7.82 Å². The van der Waals surface area contributed by atoms with E-state index in [1.807, 2.05) is 0 Å². The van der Waals surface area contributed by atoms with E-state index < -0.39 is 17.7 Å². The predicted octanol–water partition coefficient (Wildman–Crippen LogP) is 2.63. The summed E-state index contributed by atoms with van der Waals surface area (Å²) in [5.74, 6) is 0. The van der Waals surface area contributed by atoms with E-state index in [-0.39, 0.29) is 6.42 Å². The Hall–Kier alpha value is 0.980. The van der Waals surface area contributed by atoms with Crippen LogP contribution in [0.15, 0.2) is 0 Å². The maximum Gasteiger partial charge on any atom is 0.471 e. The third kappa shape index (κ3) is 5.43. The van der Waals surface area contributed by atoms with Crippen molar-refractivity contribution < 1.29 is 18.9 Å². The zero-order valence-electron chi connectivity index (χ0n) is 6.78. The summed E-state index contributed by atoms with van der Waals surface area (Å²) < 4.78 is 14.8. The summed E-state index contributed by atoms with van der Waals surface area (Å²) in [6, 6.07) is 0. The molecule has 0 saturated heterocycles. The van der Waals surface area contributed by atoms with Crippen molar-refractivity contribution in [3.63, 3.8) is 0 Å². The lowest BCUT2D eigenvalue weighted by atomic mass is 10.2. The molecule has 1 unspecified atom stereocenters. The first-order valence-corrected chi connectivity index (χ1v) is 6.23. The average Bonchev–Trinajstić information content (AvgIpc) is 1.82. The van der Waals surface area contributed by atoms with E-state index >= 15 is 0 Å². The molecule has 8 heteroatoms. The number of hydrogen-bond acceptors (Lipinski definition) is 2. The van der Waals surface area contributed by atoms with Crippen LogP contribution in [0.1, 0.15) is 19.8 Å². The third-order valence-corrected chi connectivity index (χ3v) is 3.27. The number of phosphoric acid groups is 1. The lowest BCUT2D eigenvalue weighted by Crippen LogP contribution is -2.31. The second kappa shape index (κ2) is 5.17. The highest BCUT2D eigenvalue weighted by Gasteiger charge is 2.41. The van der Waals surface area contributed by atoms with Crippen molar-refractivity contribution in [1.29, 1.82) is 0 Å². The minimum absolute atomic E-state index is 0.150. The van der Waals surface area contributed by atoms with Crippen LogP contribution in [-0.4, -0.2) is 19.7 Å². The minimum atomic E-state index is -4.67. The summed E-state index contributed by atoms with van der Waals surface area (Å²) in [6.07, 6.45) is 0.691. The Kier molecular flexibility index (Phi) is 5.56. The molecule has 0 bridgehead atoms. The van der Waals surface area contributed by atoms with Gasteiger partial charge in [0.25, 0.3) is 0 Å². The normalized spacial score (nSPS) is 17.5. The van der Waals surface area contributed by atoms with E-state index in [0.29, 0.717) is 6.42 Å². The van der Waals surface area contributed by atoms with Gasteiger partial charge in [-0.1, -0.05) is 24.9 Å². The van der Waals surface area contributed by atoms with Crippen molar-refractivity contribution in [2.45, 2.75) is 29.7 Å². The van der Waals surface area contributed by atoms with E-state index in [0.717, 1.165) is 0 Å². The van der Waals surface area contributed by atoms with Crippen molar-refractivity contribution >= 4 is 42.6 Å². The molecule has 0 aliphatic carbocycles. The monoisotopic (exact) mass is 270 g/mol. The van der Waals surface area contributed by atoms with Crippen molar-refractivity contribution in [3.05, 3.63) is 0 Å². The molecule has 0 amide bonds. The Morgan fingerprint density at radius 3 is 2.23 bits per heavy atom. The van der Waals surface area contributed by atoms with Gasteiger partial charge in [-0.25, -0.2) is 4.57 Å². The van der Waals surface area contributed by atoms with Crippen molar-refractivity contribution in [2.24, 2.45) is 0 Å². The maximum absolute atomic E-state index is 10.5. The van der Waals surface area contributed by atoms with Crippen LogP contribution in [0.4, 0.5) is 0 Å². The maximum atomic E-state index is 10.5. The lowest BCUT2D eigenvalue weighted by Gasteiger charge is -2.27. The zero-order valence-corrected chi connectivity index (χ0v) is 9.95. The standard InChI is InChI=1S/C5H10Cl3O4P/c1-2-3-5(8,4(6)7)12-13(9,10)11/h4H,2-3H2,1H3,(H2,9,10,11). The van der Waals surface area contributed by atoms with Gasteiger partial charge in [0, 0.05) is 0 Å². The Balaban J connectivity index is 4.51. The molecule has 0 aromatic carbocycles. The van der Waals surface area contributed by atoms with Gasteiger partial charge in [0.2, 0.25) is 0 Å². The van der Waals surface area contributed by atoms with Crippen LogP contribution in [0.3, 0.4) is 0 Å². The van der Waals surface area contributed by atoms with E-state index in [1.54, 1.807) is 6.92 Å². The van der Waals surface area contributed by atoms with Crippen molar-refractivity contribution in [1.82, 2.24) is 0 Å². The molecule has 0 saturated carbocycles. The Bertz CT molecular complexity index is 206. The van der Waals surface area contributed by atoms with E-state index in [2.05, 4.69) is 4.52 Å². The fourth-order valence-electron chi connectivity index (χ4n) is 0.733. The summed E-state index contributed by atoms with van der Waals surface area (Å²) in [5.41, 5.74) is 0. The molecule has 0 aliphatic rings. The topological polar surface area (TPSA) is 66.8 Å². The molecule has 13 heavy (non-hydrogen) atoms. The molecule has 0 aromatic rings. The van der Waals surface area contributed by atoms with Gasteiger partial charge in [0.1, 0.15) is 0 Å². The first-order valence-electron chi connectivity index (χ1n) is 3.44. The lowest BCUT2D eigenvalue weighted by molar-refractivity contribution is 0.103. The van der Waals surface area contributed by atoms with Crippen LogP contribution in [0.25, 0.3) is 0 Å². The number of rotatable bonds is 5. The number of hydrogen-bond donors (Lipinski definition) is 2. The predicted molar refractivity (Wildman–Crippen MR) is 52.1 cm³/mol. The van der Waals surface area contributed by atoms with Crippen LogP contribution >= 0.6 is 42.6 Å². The van der Waals surface area contributed by atoms with Crippen LogP contribution in [0.5, 0.6) is 0 Å². The number of alkyl halides is 3. The zero-order chi connectivity index (χ0) is 10.7. The van der Waals surface area contributed by atoms with Gasteiger partial charge < -0.3 is 9.79 Å². The summed E-state index contributed by atoms with van der Waals surface area (Å²) >= 11 is 16.6. The quantitative estimate of drug-likeness (QED) is 0.596. The summed E-state index contributed by atoms with van der Waals surface area (Å²) in [4.78, 5) is 15.8. The summed E-state index contributed by atoms with van der Waals surface area (Å²) in [5, 5.41) is -1.73. The SMILES string of the molecule is CCCC(Cl)(OP(=O)(O)O)C(Cl)Cl. The highest BCUT2D eigenvalue weighted by atomic mass is 35.5. The van der Waals surface area contributed by atoms with E-state index in [1.165, 1.54) is 0 Å². The third-order valence-electron chi connectivity index (χ3n) is 1.19. The van der Waals surface area contributed by atoms with Crippen LogP contribution in [0.2, 0.25) is 0 Å². The van der Waals surface area contributed by atoms with E-state index in [4.69, 9.17) is 44.6 Å². The van der Waals surface area contributed by atoms with Gasteiger partial charge in [-0.15, -0.1) is 23.2 Å². The first kappa shape index (κ1) is 14.0. The molecule has 80 valence electrons. The second-order valence-corrected chi connectivity index (χ2v) is 5.32. The molecule has 0 aliphatic heterocycles. The van der Waals surface area contributed by atoms with Gasteiger partial charge in [-0.3, -0.25) is 4.52 Å². The van der Waals surface area contributed by atoms with Gasteiger partial charge in [-0.05, 0) is 6.42 Å². The fourth-order valence-corrected chi connectivity index (χ4v) is 2.22. The molecular formula is C5H10Cl3O4P. The van der Waals surface area contributed by atoms with Crippen LogP contribution < -0.4 is 0 Å². The number of phosphoric ester groups is 1. The molecule has 1 atom stereocenters. The molecule has 0 radical (unpaired) electrons. The summed E-state index contributed by atoms with van der Waals surface area (Å²) in [6.45, 7) is 1.76. The highest BCUT2D eigenvalue weighted by molar-refractivity contribution is 7.46. The summed E-state index contributed by atoms with van der Waals surface area (Å²) in [7, 11) is -4.67. The van der Waals surface area contributed by atoms with Gasteiger partial charge in [0.05, 0.1) is 0 Å². The Morgan fingerprint density at radius 2 is 2.00 bits per heavy atom. The van der Waals surface area contributed by atoms with Crippen LogP contribution in [-0.2, 0) is 9.09 Å². The smallest absolute Gasteiger partial charge is 0.303 e. The molecular weight excluding hydrogens is 261 g/mol. The molecule has 4 nitrogen and oxygen atoms in total. The highest BCUT2D eigenvalue weighted by Crippen LogP contribution is 2.48. The van der Waals surface area contributed by atoms with Crippen LogP contribution in [0, 0.1) is 0 Å². The Morgan fingerprint density at radius 1 is 1.54 bits per heavy atom. The average molecular weight is 271 g/mol. The minimum Gasteiger partial charge on any atom is -0.303 e. The fraction of sp³-hybridized carbons (Fsp3) is 1.00.